The van der Waals surface area contributed by atoms with Crippen molar-refractivity contribution in [2.24, 2.45) is 5.92 Å². The van der Waals surface area contributed by atoms with E-state index in [1.54, 1.807) is 12.3 Å². The average molecular weight is 366 g/mol. The first-order valence-corrected chi connectivity index (χ1v) is 9.36. The van der Waals surface area contributed by atoms with Crippen molar-refractivity contribution >= 4 is 27.9 Å². The highest BCUT2D eigenvalue weighted by molar-refractivity contribution is 7.77. The van der Waals surface area contributed by atoms with Crippen LogP contribution in [0.5, 0.6) is 5.75 Å². The molecule has 0 bridgehead atoms. The summed E-state index contributed by atoms with van der Waals surface area (Å²) in [7, 11) is 1.44. The van der Waals surface area contributed by atoms with Crippen molar-refractivity contribution in [3.63, 3.8) is 0 Å². The van der Waals surface area contributed by atoms with E-state index in [2.05, 4.69) is 14.6 Å². The van der Waals surface area contributed by atoms with Crippen molar-refractivity contribution in [3.8, 4) is 5.75 Å². The summed E-state index contributed by atoms with van der Waals surface area (Å²) in [5, 5.41) is 0.780. The van der Waals surface area contributed by atoms with E-state index in [1.807, 2.05) is 6.07 Å². The zero-order valence-electron chi connectivity index (χ0n) is 14.0. The largest absolute Gasteiger partial charge is 0.760 e. The van der Waals surface area contributed by atoms with Crippen LogP contribution in [0.3, 0.4) is 0 Å². The number of hydrogen-bond acceptors (Lipinski definition) is 5. The molecule has 0 saturated carbocycles. The Hall–Kier alpha value is -1.77. The molecule has 25 heavy (non-hydrogen) atoms. The van der Waals surface area contributed by atoms with Crippen LogP contribution in [0.2, 0.25) is 0 Å². The average Bonchev–Trinajstić information content (AvgIpc) is 2.61. The van der Waals surface area contributed by atoms with Crippen LogP contribution in [0.15, 0.2) is 24.4 Å². The van der Waals surface area contributed by atoms with Gasteiger partial charge >= 0.3 is 0 Å². The molecule has 1 unspecified atom stereocenters. The smallest absolute Gasteiger partial charge is 0.165 e. The van der Waals surface area contributed by atoms with Crippen molar-refractivity contribution in [1.29, 1.82) is 0 Å². The Balaban J connectivity index is 1.71. The Morgan fingerprint density at radius 1 is 1.44 bits per heavy atom. The molecule has 1 aromatic carbocycles. The maximum atomic E-state index is 14.1. The van der Waals surface area contributed by atoms with Gasteiger partial charge in [-0.2, -0.15) is 0 Å². The summed E-state index contributed by atoms with van der Waals surface area (Å²) in [4.78, 5) is 6.56. The minimum atomic E-state index is -2.19. The van der Waals surface area contributed by atoms with E-state index in [0.717, 1.165) is 43.4 Å². The van der Waals surface area contributed by atoms with Gasteiger partial charge in [-0.3, -0.25) is 9.19 Å². The molecule has 2 heterocycles. The van der Waals surface area contributed by atoms with Crippen LogP contribution in [-0.2, 0) is 11.3 Å². The first-order valence-electron chi connectivity index (χ1n) is 8.28. The standard InChI is InChI=1S/C17H22FN3O3S/c1-24-17-11-15-13(10-14(17)18)16(3-6-19-15)21-8-4-12(5-9-21)2-7-20-25(22)23/h3,6,10-12,20H,2,4-5,7-9H2,1H3,(H,22,23)/p-1. The molecule has 1 saturated heterocycles. The third kappa shape index (κ3) is 4.26. The summed E-state index contributed by atoms with van der Waals surface area (Å²) >= 11 is -2.19. The van der Waals surface area contributed by atoms with Crippen molar-refractivity contribution < 1.29 is 17.9 Å². The van der Waals surface area contributed by atoms with Crippen molar-refractivity contribution in [2.75, 3.05) is 31.6 Å². The first kappa shape index (κ1) is 18.0. The van der Waals surface area contributed by atoms with Crippen molar-refractivity contribution in [1.82, 2.24) is 9.71 Å². The number of aromatic nitrogens is 1. The highest BCUT2D eigenvalue weighted by atomic mass is 32.2. The van der Waals surface area contributed by atoms with Gasteiger partial charge in [0.05, 0.1) is 12.6 Å². The zero-order valence-corrected chi connectivity index (χ0v) is 14.9. The monoisotopic (exact) mass is 366 g/mol. The predicted molar refractivity (Wildman–Crippen MR) is 94.7 cm³/mol. The van der Waals surface area contributed by atoms with Gasteiger partial charge in [-0.05, 0) is 37.3 Å². The van der Waals surface area contributed by atoms with Gasteiger partial charge in [0.1, 0.15) is 0 Å². The number of fused-ring (bicyclic) bond motifs is 1. The van der Waals surface area contributed by atoms with Gasteiger partial charge in [-0.25, -0.2) is 9.11 Å². The minimum Gasteiger partial charge on any atom is -0.760 e. The number of nitrogens with zero attached hydrogens (tertiary/aromatic N) is 2. The number of anilines is 1. The number of rotatable bonds is 6. The normalized spacial score (nSPS) is 17.0. The number of piperidine rings is 1. The highest BCUT2D eigenvalue weighted by Gasteiger charge is 2.21. The number of methoxy groups -OCH3 is 1. The van der Waals surface area contributed by atoms with Crippen LogP contribution in [0, 0.1) is 11.7 Å². The summed E-state index contributed by atoms with van der Waals surface area (Å²) < 4.78 is 42.6. The molecular formula is C17H21FN3O3S-. The third-order valence-electron chi connectivity index (χ3n) is 4.72. The van der Waals surface area contributed by atoms with Crippen molar-refractivity contribution in [2.45, 2.75) is 19.3 Å². The number of halogens is 1. The first-order chi connectivity index (χ1) is 12.1. The van der Waals surface area contributed by atoms with Crippen LogP contribution >= 0.6 is 0 Å². The fraction of sp³-hybridized carbons (Fsp3) is 0.471. The number of pyridine rings is 1. The molecule has 0 radical (unpaired) electrons. The van der Waals surface area contributed by atoms with Crippen LogP contribution in [0.4, 0.5) is 10.1 Å². The summed E-state index contributed by atoms with van der Waals surface area (Å²) in [6.07, 6.45) is 4.53. The molecule has 0 spiro atoms. The molecule has 2 aromatic rings. The lowest BCUT2D eigenvalue weighted by Crippen LogP contribution is -2.35. The van der Waals surface area contributed by atoms with E-state index in [1.165, 1.54) is 13.2 Å². The Labute approximate surface area is 148 Å². The van der Waals surface area contributed by atoms with Gasteiger partial charge in [0.15, 0.2) is 11.6 Å². The van der Waals surface area contributed by atoms with Gasteiger partial charge in [-0.15, -0.1) is 0 Å². The van der Waals surface area contributed by atoms with E-state index in [9.17, 15) is 13.2 Å². The summed E-state index contributed by atoms with van der Waals surface area (Å²) in [5.74, 6) is 0.298. The Morgan fingerprint density at radius 3 is 2.88 bits per heavy atom. The fourth-order valence-corrected chi connectivity index (χ4v) is 3.66. The quantitative estimate of drug-likeness (QED) is 0.794. The Morgan fingerprint density at radius 2 is 2.20 bits per heavy atom. The topological polar surface area (TPSA) is 77.5 Å². The molecule has 0 aliphatic carbocycles. The maximum Gasteiger partial charge on any atom is 0.165 e. The predicted octanol–water partition coefficient (Wildman–Crippen LogP) is 2.37. The summed E-state index contributed by atoms with van der Waals surface area (Å²) in [6.45, 7) is 2.19. The minimum absolute atomic E-state index is 0.194. The second-order valence-corrected chi connectivity index (χ2v) is 6.94. The summed E-state index contributed by atoms with van der Waals surface area (Å²) in [5.41, 5.74) is 1.68. The number of hydrogen-bond donors (Lipinski definition) is 1. The lowest BCUT2D eigenvalue weighted by atomic mass is 9.93. The molecule has 3 rings (SSSR count). The molecule has 1 N–H and O–H groups in total. The van der Waals surface area contributed by atoms with E-state index in [-0.39, 0.29) is 5.75 Å². The van der Waals surface area contributed by atoms with Gasteiger partial charge in [-0.1, -0.05) is 0 Å². The number of benzene rings is 1. The number of nitrogens with one attached hydrogen (secondary N) is 1. The molecule has 136 valence electrons. The molecule has 1 aliphatic rings. The molecule has 8 heteroatoms. The number of ether oxygens (including phenoxy) is 1. The van der Waals surface area contributed by atoms with Crippen LogP contribution in [-0.4, -0.2) is 40.5 Å². The van der Waals surface area contributed by atoms with E-state index < -0.39 is 17.1 Å². The lowest BCUT2D eigenvalue weighted by Gasteiger charge is -2.34. The molecule has 1 atom stereocenters. The van der Waals surface area contributed by atoms with Gasteiger partial charge in [0, 0.05) is 54.2 Å². The molecule has 1 aromatic heterocycles. The van der Waals surface area contributed by atoms with Crippen LogP contribution in [0.1, 0.15) is 19.3 Å². The third-order valence-corrected chi connectivity index (χ3v) is 5.16. The zero-order chi connectivity index (χ0) is 17.8. The highest BCUT2D eigenvalue weighted by Crippen LogP contribution is 2.33. The van der Waals surface area contributed by atoms with E-state index in [4.69, 9.17) is 4.74 Å². The second-order valence-electron chi connectivity index (χ2n) is 6.18. The van der Waals surface area contributed by atoms with Gasteiger partial charge in [0.25, 0.3) is 0 Å². The summed E-state index contributed by atoms with van der Waals surface area (Å²) in [6, 6.07) is 5.02. The lowest BCUT2D eigenvalue weighted by molar-refractivity contribution is 0.381. The Kier molecular flexibility index (Phi) is 5.82. The van der Waals surface area contributed by atoms with Crippen molar-refractivity contribution in [3.05, 3.63) is 30.2 Å². The second kappa shape index (κ2) is 8.07. The molecule has 1 fully saturated rings. The van der Waals surface area contributed by atoms with Gasteiger partial charge in [0.2, 0.25) is 0 Å². The SMILES string of the molecule is COc1cc2nccc(N3CCC(CCNS(=O)[O-])CC3)c2cc1F. The van der Waals surface area contributed by atoms with Crippen LogP contribution < -0.4 is 14.4 Å². The maximum absolute atomic E-state index is 14.1. The molecular weight excluding hydrogens is 345 g/mol. The van der Waals surface area contributed by atoms with Gasteiger partial charge < -0.3 is 14.2 Å². The molecule has 1 aliphatic heterocycles. The fourth-order valence-electron chi connectivity index (χ4n) is 3.37. The molecule has 0 amide bonds. The van der Waals surface area contributed by atoms with E-state index >= 15 is 0 Å². The molecule has 6 nitrogen and oxygen atoms in total. The van der Waals surface area contributed by atoms with Crippen LogP contribution in [0.25, 0.3) is 10.9 Å². The van der Waals surface area contributed by atoms with E-state index in [0.29, 0.717) is 18.0 Å². The Bertz CT molecular complexity index is 766.